The van der Waals surface area contributed by atoms with Crippen LogP contribution in [0.4, 0.5) is 0 Å². The lowest BCUT2D eigenvalue weighted by Gasteiger charge is -2.09. The first-order valence-electron chi connectivity index (χ1n) is 8.47. The molecule has 27 heavy (non-hydrogen) atoms. The van der Waals surface area contributed by atoms with E-state index in [9.17, 15) is 4.79 Å². The highest BCUT2D eigenvalue weighted by Gasteiger charge is 2.15. The number of hydrogen-bond acceptors (Lipinski definition) is 5. The van der Waals surface area contributed by atoms with Crippen molar-refractivity contribution < 1.29 is 4.79 Å². The van der Waals surface area contributed by atoms with Crippen molar-refractivity contribution >= 4 is 16.8 Å². The fraction of sp³-hybridized carbons (Fsp3) is 0.100. The zero-order valence-corrected chi connectivity index (χ0v) is 14.7. The molecule has 1 amide bonds. The Hall–Kier alpha value is -3.58. The standard InChI is InChI=1S/C20H18N6O/c1-12-4-2-7-18(24-12)26-17-10-13(8-9-14(17)11-23-26)15-5-3-6-16(25-15)19(21)20(22)27/h2-11,19H,21H2,1H3,(H2,22,27). The molecule has 0 aliphatic carbocycles. The van der Waals surface area contributed by atoms with Crippen LogP contribution in [0.1, 0.15) is 17.4 Å². The molecule has 3 heterocycles. The number of nitrogens with zero attached hydrogens (tertiary/aromatic N) is 4. The van der Waals surface area contributed by atoms with E-state index in [4.69, 9.17) is 11.5 Å². The maximum Gasteiger partial charge on any atom is 0.240 e. The van der Waals surface area contributed by atoms with Gasteiger partial charge in [0.25, 0.3) is 0 Å². The van der Waals surface area contributed by atoms with Crippen molar-refractivity contribution in [3.05, 3.63) is 72.2 Å². The Morgan fingerprint density at radius 1 is 1.07 bits per heavy atom. The van der Waals surface area contributed by atoms with E-state index < -0.39 is 11.9 Å². The van der Waals surface area contributed by atoms with Crippen LogP contribution in [0.5, 0.6) is 0 Å². The van der Waals surface area contributed by atoms with Gasteiger partial charge in [0.1, 0.15) is 6.04 Å². The van der Waals surface area contributed by atoms with Crippen LogP contribution in [-0.2, 0) is 4.79 Å². The van der Waals surface area contributed by atoms with Crippen LogP contribution in [0.25, 0.3) is 28.0 Å². The first-order chi connectivity index (χ1) is 13.0. The summed E-state index contributed by atoms with van der Waals surface area (Å²) in [5, 5.41) is 5.46. The van der Waals surface area contributed by atoms with E-state index >= 15 is 0 Å². The summed E-state index contributed by atoms with van der Waals surface area (Å²) >= 11 is 0. The number of aromatic nitrogens is 4. The van der Waals surface area contributed by atoms with E-state index in [-0.39, 0.29) is 0 Å². The number of pyridine rings is 2. The molecule has 0 saturated carbocycles. The summed E-state index contributed by atoms with van der Waals surface area (Å²) in [6, 6.07) is 16.2. The SMILES string of the molecule is Cc1cccc(-n2ncc3ccc(-c4cccc(C(N)C(N)=O)n4)cc32)n1. The van der Waals surface area contributed by atoms with Gasteiger partial charge in [0, 0.05) is 16.6 Å². The molecule has 4 N–H and O–H groups in total. The summed E-state index contributed by atoms with van der Waals surface area (Å²) in [5.41, 5.74) is 15.0. The van der Waals surface area contributed by atoms with Crippen LogP contribution in [0.15, 0.2) is 60.8 Å². The number of benzene rings is 1. The molecular formula is C20H18N6O. The van der Waals surface area contributed by atoms with E-state index in [2.05, 4.69) is 15.1 Å². The molecule has 0 fully saturated rings. The molecule has 0 bridgehead atoms. The number of carbonyl (C=O) groups excluding carboxylic acids is 1. The Balaban J connectivity index is 1.81. The zero-order chi connectivity index (χ0) is 19.0. The normalized spacial score (nSPS) is 12.2. The Morgan fingerprint density at radius 2 is 1.89 bits per heavy atom. The minimum atomic E-state index is -0.935. The highest BCUT2D eigenvalue weighted by molar-refractivity contribution is 5.85. The Kier molecular flexibility index (Phi) is 4.13. The van der Waals surface area contributed by atoms with Crippen LogP contribution in [0, 0.1) is 6.92 Å². The lowest BCUT2D eigenvalue weighted by Crippen LogP contribution is -2.29. The monoisotopic (exact) mass is 358 g/mol. The fourth-order valence-electron chi connectivity index (χ4n) is 2.94. The number of carbonyl (C=O) groups is 1. The molecule has 0 spiro atoms. The number of nitrogens with two attached hydrogens (primary N) is 2. The molecule has 7 heteroatoms. The summed E-state index contributed by atoms with van der Waals surface area (Å²) in [4.78, 5) is 20.4. The third-order valence-corrected chi connectivity index (χ3v) is 4.35. The van der Waals surface area contributed by atoms with Gasteiger partial charge in [-0.05, 0) is 37.3 Å². The second kappa shape index (κ2) is 6.62. The molecule has 0 saturated heterocycles. The molecule has 1 atom stereocenters. The van der Waals surface area contributed by atoms with E-state index in [0.717, 1.165) is 28.0 Å². The first kappa shape index (κ1) is 16.9. The number of primary amides is 1. The largest absolute Gasteiger partial charge is 0.368 e. The van der Waals surface area contributed by atoms with Gasteiger partial charge in [-0.25, -0.2) is 9.67 Å². The van der Waals surface area contributed by atoms with E-state index in [1.165, 1.54) is 0 Å². The van der Waals surface area contributed by atoms with Crippen molar-refractivity contribution in [2.24, 2.45) is 11.5 Å². The van der Waals surface area contributed by atoms with E-state index in [1.807, 2.05) is 55.5 Å². The number of fused-ring (bicyclic) bond motifs is 1. The highest BCUT2D eigenvalue weighted by Crippen LogP contribution is 2.25. The summed E-state index contributed by atoms with van der Waals surface area (Å²) < 4.78 is 1.80. The average molecular weight is 358 g/mol. The van der Waals surface area contributed by atoms with Crippen molar-refractivity contribution in [1.29, 1.82) is 0 Å². The van der Waals surface area contributed by atoms with Crippen LogP contribution in [-0.4, -0.2) is 25.7 Å². The first-order valence-corrected chi connectivity index (χ1v) is 8.47. The number of aryl methyl sites for hydroxylation is 1. The number of hydrogen-bond donors (Lipinski definition) is 2. The van der Waals surface area contributed by atoms with Crippen LogP contribution in [0.3, 0.4) is 0 Å². The highest BCUT2D eigenvalue weighted by atomic mass is 16.1. The molecule has 0 aliphatic rings. The van der Waals surface area contributed by atoms with Crippen LogP contribution >= 0.6 is 0 Å². The molecule has 1 aromatic carbocycles. The summed E-state index contributed by atoms with van der Waals surface area (Å²) in [6.45, 7) is 1.94. The quantitative estimate of drug-likeness (QED) is 0.581. The van der Waals surface area contributed by atoms with Crippen molar-refractivity contribution in [2.75, 3.05) is 0 Å². The Labute approximate surface area is 155 Å². The van der Waals surface area contributed by atoms with Crippen LogP contribution in [0.2, 0.25) is 0 Å². The van der Waals surface area contributed by atoms with Crippen molar-refractivity contribution in [3.63, 3.8) is 0 Å². The van der Waals surface area contributed by atoms with Gasteiger partial charge >= 0.3 is 0 Å². The van der Waals surface area contributed by atoms with E-state index in [1.54, 1.807) is 16.9 Å². The lowest BCUT2D eigenvalue weighted by molar-refractivity contribution is -0.119. The maximum absolute atomic E-state index is 11.4. The van der Waals surface area contributed by atoms with Gasteiger partial charge < -0.3 is 11.5 Å². The third kappa shape index (κ3) is 3.16. The minimum absolute atomic E-state index is 0.439. The van der Waals surface area contributed by atoms with Gasteiger partial charge in [-0.3, -0.25) is 9.78 Å². The molecular weight excluding hydrogens is 340 g/mol. The zero-order valence-electron chi connectivity index (χ0n) is 14.7. The van der Waals surface area contributed by atoms with E-state index in [0.29, 0.717) is 11.4 Å². The van der Waals surface area contributed by atoms with Gasteiger partial charge in [0.05, 0.1) is 23.1 Å². The maximum atomic E-state index is 11.4. The molecule has 1 unspecified atom stereocenters. The molecule has 4 rings (SSSR count). The molecule has 0 aliphatic heterocycles. The summed E-state index contributed by atoms with van der Waals surface area (Å²) in [5.74, 6) is 0.137. The third-order valence-electron chi connectivity index (χ3n) is 4.35. The topological polar surface area (TPSA) is 113 Å². The second-order valence-corrected chi connectivity index (χ2v) is 6.29. The predicted octanol–water partition coefficient (Wildman–Crippen LogP) is 2.28. The second-order valence-electron chi connectivity index (χ2n) is 6.29. The minimum Gasteiger partial charge on any atom is -0.368 e. The molecule has 3 aromatic heterocycles. The molecule has 4 aromatic rings. The summed E-state index contributed by atoms with van der Waals surface area (Å²) in [6.07, 6.45) is 1.80. The molecule has 7 nitrogen and oxygen atoms in total. The van der Waals surface area contributed by atoms with Crippen molar-refractivity contribution in [2.45, 2.75) is 13.0 Å². The van der Waals surface area contributed by atoms with Crippen molar-refractivity contribution in [3.8, 4) is 17.1 Å². The molecule has 0 radical (unpaired) electrons. The molecule has 134 valence electrons. The van der Waals surface area contributed by atoms with Gasteiger partial charge in [-0.1, -0.05) is 24.3 Å². The van der Waals surface area contributed by atoms with Gasteiger partial charge in [-0.2, -0.15) is 5.10 Å². The van der Waals surface area contributed by atoms with Gasteiger partial charge in [0.15, 0.2) is 5.82 Å². The average Bonchev–Trinajstić information content (AvgIpc) is 3.10. The van der Waals surface area contributed by atoms with Gasteiger partial charge in [0.2, 0.25) is 5.91 Å². The predicted molar refractivity (Wildman–Crippen MR) is 103 cm³/mol. The Morgan fingerprint density at radius 3 is 2.67 bits per heavy atom. The lowest BCUT2D eigenvalue weighted by atomic mass is 10.1. The van der Waals surface area contributed by atoms with Crippen molar-refractivity contribution in [1.82, 2.24) is 19.7 Å². The van der Waals surface area contributed by atoms with Gasteiger partial charge in [-0.15, -0.1) is 0 Å². The van der Waals surface area contributed by atoms with Crippen LogP contribution < -0.4 is 11.5 Å². The fourth-order valence-corrected chi connectivity index (χ4v) is 2.94. The Bertz CT molecular complexity index is 1150. The number of amides is 1. The smallest absolute Gasteiger partial charge is 0.240 e. The summed E-state index contributed by atoms with van der Waals surface area (Å²) in [7, 11) is 0. The number of rotatable bonds is 4.